The third-order valence-corrected chi connectivity index (χ3v) is 8.42. The van der Waals surface area contributed by atoms with Crippen molar-refractivity contribution in [1.82, 2.24) is 9.55 Å². The molecule has 0 saturated heterocycles. The van der Waals surface area contributed by atoms with E-state index in [0.29, 0.717) is 12.1 Å². The number of aromatic nitrogens is 2. The van der Waals surface area contributed by atoms with Gasteiger partial charge in [0.25, 0.3) is 5.56 Å². The van der Waals surface area contributed by atoms with E-state index in [0.717, 1.165) is 42.7 Å². The van der Waals surface area contributed by atoms with Crippen LogP contribution in [-0.2, 0) is 0 Å². The smallest absolute Gasteiger partial charge is 0.331 e. The fourth-order valence-corrected chi connectivity index (χ4v) is 6.63. The second-order valence-electron chi connectivity index (χ2n) is 7.97. The van der Waals surface area contributed by atoms with Crippen LogP contribution in [0.25, 0.3) is 0 Å². The van der Waals surface area contributed by atoms with Crippen LogP contribution in [-0.4, -0.2) is 20.4 Å². The zero-order valence-electron chi connectivity index (χ0n) is 16.9. The van der Waals surface area contributed by atoms with Crippen LogP contribution < -0.4 is 11.2 Å². The molecule has 1 unspecified atom stereocenters. The van der Waals surface area contributed by atoms with E-state index in [1.54, 1.807) is 23.1 Å². The van der Waals surface area contributed by atoms with Crippen molar-refractivity contribution in [3.63, 3.8) is 0 Å². The summed E-state index contributed by atoms with van der Waals surface area (Å²) in [7, 11) is 0. The van der Waals surface area contributed by atoms with E-state index in [2.05, 4.69) is 11.1 Å². The number of fused-ring (bicyclic) bond motifs is 1. The van der Waals surface area contributed by atoms with Gasteiger partial charge in [0.15, 0.2) is 0 Å². The van der Waals surface area contributed by atoms with Crippen LogP contribution in [0.5, 0.6) is 5.88 Å². The number of thioether (sulfide) groups is 1. The maximum absolute atomic E-state index is 12.9. The molecular weight excluding hydrogens is 430 g/mol. The zero-order chi connectivity index (χ0) is 21.4. The van der Waals surface area contributed by atoms with Crippen molar-refractivity contribution >= 4 is 34.5 Å². The number of aromatic hydroxyl groups is 1. The minimum atomic E-state index is -0.581. The minimum Gasteiger partial charge on any atom is -0.494 e. The molecule has 2 aliphatic rings. The molecule has 1 atom stereocenters. The Balaban J connectivity index is 1.67. The molecule has 0 radical (unpaired) electrons. The van der Waals surface area contributed by atoms with Gasteiger partial charge in [-0.05, 0) is 36.4 Å². The molecular formula is C23H23N3O3S2. The Bertz CT molecular complexity index is 1240. The highest BCUT2D eigenvalue weighted by molar-refractivity contribution is 7.99. The van der Waals surface area contributed by atoms with E-state index in [4.69, 9.17) is 4.99 Å². The number of aliphatic imine (C=N–C) groups is 1. The van der Waals surface area contributed by atoms with Crippen molar-refractivity contribution in [3.8, 4) is 5.88 Å². The highest BCUT2D eigenvalue weighted by Gasteiger charge is 2.29. The Labute approximate surface area is 187 Å². The monoisotopic (exact) mass is 453 g/mol. The molecule has 5 rings (SSSR count). The standard InChI is InChI=1S/C23H23N3O3S2/c27-21-20(22(28)26(23(29)25-21)14-7-2-1-3-8-14)16-13-19(18-11-6-12-30-18)31-17-10-5-4-9-15(17)24-16/h4-6,9-12,14,19,28H,1-3,7-8,13H2,(H,25,27,29). The second kappa shape index (κ2) is 8.51. The summed E-state index contributed by atoms with van der Waals surface area (Å²) in [5.41, 5.74) is 0.276. The molecule has 0 amide bonds. The first kappa shape index (κ1) is 20.3. The first-order valence-corrected chi connectivity index (χ1v) is 12.3. The first-order chi connectivity index (χ1) is 15.1. The van der Waals surface area contributed by atoms with E-state index in [1.807, 2.05) is 35.7 Å². The largest absolute Gasteiger partial charge is 0.494 e. The summed E-state index contributed by atoms with van der Waals surface area (Å²) >= 11 is 3.38. The summed E-state index contributed by atoms with van der Waals surface area (Å²) in [4.78, 5) is 35.0. The van der Waals surface area contributed by atoms with Gasteiger partial charge in [-0.25, -0.2) is 4.79 Å². The van der Waals surface area contributed by atoms with Crippen LogP contribution in [0.15, 0.2) is 61.3 Å². The maximum Gasteiger partial charge on any atom is 0.331 e. The van der Waals surface area contributed by atoms with Crippen molar-refractivity contribution in [2.75, 3.05) is 0 Å². The highest BCUT2D eigenvalue weighted by Crippen LogP contribution is 2.46. The zero-order valence-corrected chi connectivity index (χ0v) is 18.5. The highest BCUT2D eigenvalue weighted by atomic mass is 32.2. The van der Waals surface area contributed by atoms with Gasteiger partial charge >= 0.3 is 5.69 Å². The molecule has 3 heterocycles. The van der Waals surface area contributed by atoms with Gasteiger partial charge in [-0.3, -0.25) is 19.3 Å². The lowest BCUT2D eigenvalue weighted by atomic mass is 9.95. The molecule has 31 heavy (non-hydrogen) atoms. The Morgan fingerprint density at radius 3 is 2.65 bits per heavy atom. The molecule has 3 aromatic rings. The van der Waals surface area contributed by atoms with Gasteiger partial charge in [0.2, 0.25) is 5.88 Å². The number of hydrogen-bond donors (Lipinski definition) is 2. The number of benzene rings is 1. The second-order valence-corrected chi connectivity index (χ2v) is 10.2. The predicted molar refractivity (Wildman–Crippen MR) is 125 cm³/mol. The molecule has 1 aliphatic carbocycles. The fraction of sp³-hybridized carbons (Fsp3) is 0.348. The van der Waals surface area contributed by atoms with E-state index >= 15 is 0 Å². The van der Waals surface area contributed by atoms with Gasteiger partial charge in [0, 0.05) is 27.5 Å². The van der Waals surface area contributed by atoms with E-state index in [9.17, 15) is 14.7 Å². The molecule has 2 aromatic heterocycles. The number of hydrogen-bond acceptors (Lipinski definition) is 6. The molecule has 1 aliphatic heterocycles. The number of thiophene rings is 1. The van der Waals surface area contributed by atoms with E-state index < -0.39 is 11.2 Å². The Kier molecular flexibility index (Phi) is 5.58. The maximum atomic E-state index is 12.9. The van der Waals surface area contributed by atoms with Crippen LogP contribution in [0.2, 0.25) is 0 Å². The third-order valence-electron chi connectivity index (χ3n) is 5.98. The minimum absolute atomic E-state index is 0.0660. The molecule has 2 N–H and O–H groups in total. The van der Waals surface area contributed by atoms with Crippen molar-refractivity contribution < 1.29 is 5.11 Å². The number of aromatic amines is 1. The van der Waals surface area contributed by atoms with E-state index in [1.165, 1.54) is 9.44 Å². The topological polar surface area (TPSA) is 87.5 Å². The SMILES string of the molecule is O=c1[nH]c(=O)n(C2CCCCC2)c(O)c1C1=Nc2ccccc2SC(c2cccs2)C1. The van der Waals surface area contributed by atoms with Crippen LogP contribution in [0.4, 0.5) is 5.69 Å². The van der Waals surface area contributed by atoms with Crippen molar-refractivity contribution in [2.45, 2.75) is 54.7 Å². The lowest BCUT2D eigenvalue weighted by molar-refractivity contribution is 0.298. The third kappa shape index (κ3) is 3.90. The van der Waals surface area contributed by atoms with Crippen LogP contribution in [0.3, 0.4) is 0 Å². The number of H-pyrrole nitrogens is 1. The molecule has 1 aromatic carbocycles. The number of rotatable bonds is 3. The lowest BCUT2D eigenvalue weighted by Gasteiger charge is -2.25. The normalized spacial score (nSPS) is 19.5. The Morgan fingerprint density at radius 1 is 1.06 bits per heavy atom. The quantitative estimate of drug-likeness (QED) is 0.573. The summed E-state index contributed by atoms with van der Waals surface area (Å²) in [6, 6.07) is 11.8. The van der Waals surface area contributed by atoms with Gasteiger partial charge in [-0.2, -0.15) is 0 Å². The summed E-state index contributed by atoms with van der Waals surface area (Å²) < 4.78 is 1.38. The van der Waals surface area contributed by atoms with Gasteiger partial charge in [-0.1, -0.05) is 37.5 Å². The van der Waals surface area contributed by atoms with Crippen LogP contribution in [0, 0.1) is 0 Å². The molecule has 6 nitrogen and oxygen atoms in total. The van der Waals surface area contributed by atoms with Gasteiger partial charge in [0.05, 0.1) is 11.4 Å². The van der Waals surface area contributed by atoms with Crippen LogP contribution >= 0.6 is 23.1 Å². The summed E-state index contributed by atoms with van der Waals surface area (Å²) in [6.45, 7) is 0. The van der Waals surface area contributed by atoms with Crippen molar-refractivity contribution in [3.05, 3.63) is 73.1 Å². The summed E-state index contributed by atoms with van der Waals surface area (Å²) in [5, 5.41) is 13.3. The van der Waals surface area contributed by atoms with Gasteiger partial charge in [-0.15, -0.1) is 23.1 Å². The number of nitrogens with zero attached hydrogens (tertiary/aromatic N) is 2. The average Bonchev–Trinajstić information content (AvgIpc) is 3.23. The Hall–Kier alpha value is -2.58. The predicted octanol–water partition coefficient (Wildman–Crippen LogP) is 5.17. The van der Waals surface area contributed by atoms with Crippen molar-refractivity contribution in [1.29, 1.82) is 0 Å². The first-order valence-electron chi connectivity index (χ1n) is 10.6. The van der Waals surface area contributed by atoms with Crippen molar-refractivity contribution in [2.24, 2.45) is 4.99 Å². The summed E-state index contributed by atoms with van der Waals surface area (Å²) in [5.74, 6) is -0.256. The van der Waals surface area contributed by atoms with Crippen LogP contribution in [0.1, 0.15) is 60.3 Å². The lowest BCUT2D eigenvalue weighted by Crippen LogP contribution is -2.36. The molecule has 0 spiro atoms. The molecule has 0 bridgehead atoms. The van der Waals surface area contributed by atoms with Gasteiger partial charge in [0.1, 0.15) is 5.56 Å². The Morgan fingerprint density at radius 2 is 1.87 bits per heavy atom. The average molecular weight is 454 g/mol. The number of nitrogens with one attached hydrogen (secondary N) is 1. The van der Waals surface area contributed by atoms with E-state index in [-0.39, 0.29) is 22.7 Å². The molecule has 8 heteroatoms. The fourth-order valence-electron chi connectivity index (χ4n) is 4.48. The summed E-state index contributed by atoms with van der Waals surface area (Å²) in [6.07, 6.45) is 5.28. The molecule has 1 fully saturated rings. The molecule has 1 saturated carbocycles. The molecule has 160 valence electrons. The van der Waals surface area contributed by atoms with Gasteiger partial charge < -0.3 is 5.11 Å². The number of para-hydroxylation sites is 1.